The van der Waals surface area contributed by atoms with Crippen molar-refractivity contribution in [2.24, 2.45) is 11.7 Å². The predicted octanol–water partition coefficient (Wildman–Crippen LogP) is 2.54. The third kappa shape index (κ3) is 5.01. The van der Waals surface area contributed by atoms with Crippen molar-refractivity contribution in [1.29, 1.82) is 0 Å². The van der Waals surface area contributed by atoms with Gasteiger partial charge in [-0.3, -0.25) is 4.79 Å². The fourth-order valence-electron chi connectivity index (χ4n) is 1.70. The van der Waals surface area contributed by atoms with Gasteiger partial charge in [0.1, 0.15) is 0 Å². The molecule has 0 radical (unpaired) electrons. The van der Waals surface area contributed by atoms with Crippen molar-refractivity contribution in [3.8, 4) is 0 Å². The van der Waals surface area contributed by atoms with E-state index in [1.165, 1.54) is 0 Å². The number of anilines is 1. The van der Waals surface area contributed by atoms with Gasteiger partial charge in [-0.2, -0.15) is 0 Å². The molecule has 19 heavy (non-hydrogen) atoms. The zero-order chi connectivity index (χ0) is 14.3. The SMILES string of the molecule is CCOCc1cccc(NC(=O)C(N)C(C)CC)c1. The molecule has 1 amide bonds. The Kier molecular flexibility index (Phi) is 6.53. The maximum atomic E-state index is 12.0. The number of rotatable bonds is 7. The van der Waals surface area contributed by atoms with Gasteiger partial charge in [-0.05, 0) is 30.5 Å². The number of nitrogens with one attached hydrogen (secondary N) is 1. The first-order chi connectivity index (χ1) is 9.08. The molecule has 4 nitrogen and oxygen atoms in total. The van der Waals surface area contributed by atoms with Gasteiger partial charge in [-0.1, -0.05) is 32.4 Å². The van der Waals surface area contributed by atoms with Crippen molar-refractivity contribution in [2.45, 2.75) is 39.8 Å². The number of carbonyl (C=O) groups is 1. The fourth-order valence-corrected chi connectivity index (χ4v) is 1.70. The molecular weight excluding hydrogens is 240 g/mol. The second-order valence-electron chi connectivity index (χ2n) is 4.74. The molecule has 0 fully saturated rings. The summed E-state index contributed by atoms with van der Waals surface area (Å²) in [5.74, 6) is 0.0366. The largest absolute Gasteiger partial charge is 0.377 e. The lowest BCUT2D eigenvalue weighted by molar-refractivity contribution is -0.118. The van der Waals surface area contributed by atoms with E-state index in [1.54, 1.807) is 0 Å². The van der Waals surface area contributed by atoms with Crippen LogP contribution in [0.2, 0.25) is 0 Å². The summed E-state index contributed by atoms with van der Waals surface area (Å²) in [5.41, 5.74) is 7.70. The second kappa shape index (κ2) is 7.92. The second-order valence-corrected chi connectivity index (χ2v) is 4.74. The Bertz CT molecular complexity index is 407. The van der Waals surface area contributed by atoms with E-state index in [2.05, 4.69) is 5.32 Å². The lowest BCUT2D eigenvalue weighted by Crippen LogP contribution is -2.40. The molecule has 4 heteroatoms. The predicted molar refractivity (Wildman–Crippen MR) is 77.8 cm³/mol. The van der Waals surface area contributed by atoms with Crippen molar-refractivity contribution in [2.75, 3.05) is 11.9 Å². The summed E-state index contributed by atoms with van der Waals surface area (Å²) in [6.07, 6.45) is 0.888. The summed E-state index contributed by atoms with van der Waals surface area (Å²) in [7, 11) is 0. The number of benzene rings is 1. The van der Waals surface area contributed by atoms with Crippen molar-refractivity contribution < 1.29 is 9.53 Å². The minimum atomic E-state index is -0.472. The molecule has 0 bridgehead atoms. The monoisotopic (exact) mass is 264 g/mol. The van der Waals surface area contributed by atoms with Gasteiger partial charge < -0.3 is 15.8 Å². The quantitative estimate of drug-likeness (QED) is 0.795. The smallest absolute Gasteiger partial charge is 0.241 e. The van der Waals surface area contributed by atoms with Gasteiger partial charge in [0, 0.05) is 12.3 Å². The molecule has 0 saturated heterocycles. The fraction of sp³-hybridized carbons (Fsp3) is 0.533. The molecule has 0 aliphatic heterocycles. The van der Waals surface area contributed by atoms with Crippen LogP contribution in [0.25, 0.3) is 0 Å². The summed E-state index contributed by atoms with van der Waals surface area (Å²) < 4.78 is 5.35. The molecule has 0 aromatic heterocycles. The summed E-state index contributed by atoms with van der Waals surface area (Å²) in [6, 6.07) is 7.17. The summed E-state index contributed by atoms with van der Waals surface area (Å²) in [6.45, 7) is 7.19. The van der Waals surface area contributed by atoms with E-state index in [4.69, 9.17) is 10.5 Å². The number of hydrogen-bond donors (Lipinski definition) is 2. The highest BCUT2D eigenvalue weighted by Crippen LogP contribution is 2.13. The van der Waals surface area contributed by atoms with E-state index in [0.29, 0.717) is 13.2 Å². The molecule has 1 aromatic carbocycles. The van der Waals surface area contributed by atoms with Crippen LogP contribution in [0.3, 0.4) is 0 Å². The number of nitrogens with two attached hydrogens (primary N) is 1. The van der Waals surface area contributed by atoms with E-state index in [9.17, 15) is 4.79 Å². The molecule has 1 aromatic rings. The lowest BCUT2D eigenvalue weighted by Gasteiger charge is -2.18. The van der Waals surface area contributed by atoms with Gasteiger partial charge in [0.2, 0.25) is 5.91 Å². The van der Waals surface area contributed by atoms with Gasteiger partial charge in [-0.15, -0.1) is 0 Å². The molecule has 3 N–H and O–H groups in total. The standard InChI is InChI=1S/C15H24N2O2/c1-4-11(3)14(16)15(18)17-13-8-6-7-12(9-13)10-19-5-2/h6-9,11,14H,4-5,10,16H2,1-3H3,(H,17,18). The Morgan fingerprint density at radius 2 is 2.16 bits per heavy atom. The molecule has 1 rings (SSSR count). The van der Waals surface area contributed by atoms with Gasteiger partial charge in [0.25, 0.3) is 0 Å². The molecule has 2 unspecified atom stereocenters. The van der Waals surface area contributed by atoms with Crippen LogP contribution in [-0.4, -0.2) is 18.6 Å². The van der Waals surface area contributed by atoms with Crippen molar-refractivity contribution in [3.63, 3.8) is 0 Å². The van der Waals surface area contributed by atoms with Crippen LogP contribution < -0.4 is 11.1 Å². The van der Waals surface area contributed by atoms with Crippen LogP contribution in [-0.2, 0) is 16.1 Å². The lowest BCUT2D eigenvalue weighted by atomic mass is 9.99. The maximum absolute atomic E-state index is 12.0. The number of carbonyl (C=O) groups excluding carboxylic acids is 1. The third-order valence-corrected chi connectivity index (χ3v) is 3.23. The maximum Gasteiger partial charge on any atom is 0.241 e. The van der Waals surface area contributed by atoms with Gasteiger partial charge in [0.15, 0.2) is 0 Å². The first kappa shape index (κ1) is 15.7. The van der Waals surface area contributed by atoms with E-state index in [0.717, 1.165) is 17.7 Å². The average molecular weight is 264 g/mol. The Morgan fingerprint density at radius 3 is 2.79 bits per heavy atom. The van der Waals surface area contributed by atoms with E-state index >= 15 is 0 Å². The van der Waals surface area contributed by atoms with E-state index in [-0.39, 0.29) is 11.8 Å². The molecular formula is C15H24N2O2. The summed E-state index contributed by atoms with van der Waals surface area (Å²) in [4.78, 5) is 12.0. The minimum absolute atomic E-state index is 0.136. The molecule has 0 spiro atoms. The summed E-state index contributed by atoms with van der Waals surface area (Å²) in [5, 5.41) is 2.85. The minimum Gasteiger partial charge on any atom is -0.377 e. The number of amides is 1. The topological polar surface area (TPSA) is 64.3 Å². The van der Waals surface area contributed by atoms with Gasteiger partial charge in [0.05, 0.1) is 12.6 Å². The van der Waals surface area contributed by atoms with Gasteiger partial charge in [-0.25, -0.2) is 0 Å². The molecule has 106 valence electrons. The normalized spacial score (nSPS) is 13.9. The van der Waals surface area contributed by atoms with Crippen LogP contribution in [0.1, 0.15) is 32.8 Å². The summed E-state index contributed by atoms with van der Waals surface area (Å²) >= 11 is 0. The average Bonchev–Trinajstić information content (AvgIpc) is 2.43. The van der Waals surface area contributed by atoms with Crippen LogP contribution in [0.4, 0.5) is 5.69 Å². The highest BCUT2D eigenvalue weighted by Gasteiger charge is 2.19. The third-order valence-electron chi connectivity index (χ3n) is 3.23. The Hall–Kier alpha value is -1.39. The van der Waals surface area contributed by atoms with Crippen LogP contribution in [0, 0.1) is 5.92 Å². The van der Waals surface area contributed by atoms with Crippen LogP contribution in [0.15, 0.2) is 24.3 Å². The van der Waals surface area contributed by atoms with Gasteiger partial charge >= 0.3 is 0 Å². The molecule has 0 heterocycles. The Labute approximate surface area is 115 Å². The van der Waals surface area contributed by atoms with Crippen molar-refractivity contribution in [3.05, 3.63) is 29.8 Å². The van der Waals surface area contributed by atoms with Crippen molar-refractivity contribution in [1.82, 2.24) is 0 Å². The van der Waals surface area contributed by atoms with Crippen LogP contribution >= 0.6 is 0 Å². The molecule has 0 aliphatic rings. The molecule has 0 saturated carbocycles. The first-order valence-corrected chi connectivity index (χ1v) is 6.81. The molecule has 0 aliphatic carbocycles. The van der Waals surface area contributed by atoms with Crippen molar-refractivity contribution >= 4 is 11.6 Å². The van der Waals surface area contributed by atoms with E-state index < -0.39 is 6.04 Å². The zero-order valence-electron chi connectivity index (χ0n) is 12.0. The number of ether oxygens (including phenoxy) is 1. The van der Waals surface area contributed by atoms with Crippen LogP contribution in [0.5, 0.6) is 0 Å². The Balaban J connectivity index is 2.63. The first-order valence-electron chi connectivity index (χ1n) is 6.81. The van der Waals surface area contributed by atoms with E-state index in [1.807, 2.05) is 45.0 Å². The highest BCUT2D eigenvalue weighted by molar-refractivity contribution is 5.94. The highest BCUT2D eigenvalue weighted by atomic mass is 16.5. The Morgan fingerprint density at radius 1 is 1.42 bits per heavy atom. The zero-order valence-corrected chi connectivity index (χ0v) is 12.0. The number of hydrogen-bond acceptors (Lipinski definition) is 3. The molecule has 2 atom stereocenters.